The topological polar surface area (TPSA) is 52.7 Å². The first-order valence-corrected chi connectivity index (χ1v) is 9.60. The number of carbonyl (C=O) groups excluding carboxylic acids is 2. The third kappa shape index (κ3) is 3.74. The largest absolute Gasteiger partial charge is 0.337 e. The maximum atomic E-state index is 13.0. The van der Waals surface area contributed by atoms with E-state index in [9.17, 15) is 9.59 Å². The molecule has 4 rings (SSSR count). The van der Waals surface area contributed by atoms with Gasteiger partial charge in [-0.05, 0) is 49.6 Å². The van der Waals surface area contributed by atoms with E-state index in [0.29, 0.717) is 23.2 Å². The smallest absolute Gasteiger partial charge is 0.258 e. The molecule has 2 aromatic rings. The summed E-state index contributed by atoms with van der Waals surface area (Å²) in [5.74, 6) is -0.103. The van der Waals surface area contributed by atoms with Gasteiger partial charge in [0, 0.05) is 49.0 Å². The van der Waals surface area contributed by atoms with Gasteiger partial charge in [-0.15, -0.1) is 0 Å². The Morgan fingerprint density at radius 2 is 1.70 bits per heavy atom. The van der Waals surface area contributed by atoms with Crippen molar-refractivity contribution >= 4 is 17.5 Å². The van der Waals surface area contributed by atoms with Crippen LogP contribution in [0.4, 0.5) is 5.69 Å². The van der Waals surface area contributed by atoms with Gasteiger partial charge < -0.3 is 15.1 Å². The second-order valence-electron chi connectivity index (χ2n) is 7.46. The Morgan fingerprint density at radius 3 is 2.52 bits per heavy atom. The van der Waals surface area contributed by atoms with Crippen LogP contribution in [0.5, 0.6) is 0 Å². The van der Waals surface area contributed by atoms with E-state index in [-0.39, 0.29) is 11.8 Å². The molecule has 0 spiro atoms. The molecule has 2 aliphatic rings. The van der Waals surface area contributed by atoms with Crippen molar-refractivity contribution < 1.29 is 9.59 Å². The van der Waals surface area contributed by atoms with Gasteiger partial charge >= 0.3 is 0 Å². The molecule has 2 fully saturated rings. The molecule has 140 valence electrons. The molecule has 5 heteroatoms. The second kappa shape index (κ2) is 7.53. The number of amides is 2. The molecule has 0 aliphatic carbocycles. The molecule has 0 radical (unpaired) electrons. The summed E-state index contributed by atoms with van der Waals surface area (Å²) in [7, 11) is 1.75. The van der Waals surface area contributed by atoms with Crippen LogP contribution >= 0.6 is 0 Å². The van der Waals surface area contributed by atoms with Gasteiger partial charge in [-0.1, -0.05) is 24.3 Å². The van der Waals surface area contributed by atoms with E-state index in [2.05, 4.69) is 5.32 Å². The van der Waals surface area contributed by atoms with Crippen molar-refractivity contribution in [1.82, 2.24) is 10.2 Å². The number of anilines is 1. The van der Waals surface area contributed by atoms with E-state index in [1.807, 2.05) is 35.2 Å². The predicted molar refractivity (Wildman–Crippen MR) is 106 cm³/mol. The van der Waals surface area contributed by atoms with Crippen molar-refractivity contribution in [1.29, 1.82) is 0 Å². The Balaban J connectivity index is 1.51. The molecule has 1 N–H and O–H groups in total. The van der Waals surface area contributed by atoms with Crippen LogP contribution in [0.1, 0.15) is 40.0 Å². The lowest BCUT2D eigenvalue weighted by Crippen LogP contribution is -2.39. The van der Waals surface area contributed by atoms with Crippen molar-refractivity contribution in [2.75, 3.05) is 25.0 Å². The summed E-state index contributed by atoms with van der Waals surface area (Å²) < 4.78 is 0. The van der Waals surface area contributed by atoms with Crippen molar-refractivity contribution in [3.05, 3.63) is 65.7 Å². The lowest BCUT2D eigenvalue weighted by Gasteiger charge is -2.24. The zero-order chi connectivity index (χ0) is 18.8. The fourth-order valence-corrected chi connectivity index (χ4v) is 4.06. The Labute approximate surface area is 160 Å². The minimum Gasteiger partial charge on any atom is -0.337 e. The lowest BCUT2D eigenvalue weighted by atomic mass is 10.1. The summed E-state index contributed by atoms with van der Waals surface area (Å²) in [4.78, 5) is 29.4. The first-order chi connectivity index (χ1) is 13.1. The molecule has 2 unspecified atom stereocenters. The van der Waals surface area contributed by atoms with Crippen LogP contribution in [0.25, 0.3) is 0 Å². The van der Waals surface area contributed by atoms with Gasteiger partial charge in [0.05, 0.1) is 0 Å². The van der Waals surface area contributed by atoms with Crippen molar-refractivity contribution in [2.45, 2.75) is 31.3 Å². The first kappa shape index (κ1) is 17.7. The number of fused-ring (bicyclic) bond motifs is 2. The van der Waals surface area contributed by atoms with Crippen molar-refractivity contribution in [2.24, 2.45) is 0 Å². The maximum Gasteiger partial charge on any atom is 0.258 e. The van der Waals surface area contributed by atoms with Crippen LogP contribution in [0.3, 0.4) is 0 Å². The zero-order valence-corrected chi connectivity index (χ0v) is 15.6. The number of benzene rings is 2. The SMILES string of the molecule is CN(C(=O)c1cccc(C(=O)N2CCC3CCC(C2)N3)c1)c1ccccc1. The fraction of sp³-hybridized carbons (Fsp3) is 0.364. The fourth-order valence-electron chi connectivity index (χ4n) is 4.06. The molecule has 0 aromatic heterocycles. The average Bonchev–Trinajstić information content (AvgIpc) is 3.05. The Bertz CT molecular complexity index is 836. The Morgan fingerprint density at radius 1 is 0.963 bits per heavy atom. The second-order valence-corrected chi connectivity index (χ2v) is 7.46. The number of nitrogens with one attached hydrogen (secondary N) is 1. The van der Waals surface area contributed by atoms with Crippen LogP contribution in [-0.2, 0) is 0 Å². The zero-order valence-electron chi connectivity index (χ0n) is 15.6. The normalized spacial score (nSPS) is 21.6. The minimum atomic E-state index is -0.118. The summed E-state index contributed by atoms with van der Waals surface area (Å²) in [6.45, 7) is 1.52. The van der Waals surface area contributed by atoms with Gasteiger partial charge in [-0.25, -0.2) is 0 Å². The van der Waals surface area contributed by atoms with Gasteiger partial charge in [0.15, 0.2) is 0 Å². The monoisotopic (exact) mass is 363 g/mol. The molecule has 2 aromatic carbocycles. The molecule has 5 nitrogen and oxygen atoms in total. The summed E-state index contributed by atoms with van der Waals surface area (Å²) in [5.41, 5.74) is 1.94. The number of carbonyl (C=O) groups is 2. The number of hydrogen-bond donors (Lipinski definition) is 1. The molecule has 0 saturated carbocycles. The highest BCUT2D eigenvalue weighted by Gasteiger charge is 2.31. The number of para-hydroxylation sites is 1. The highest BCUT2D eigenvalue weighted by Crippen LogP contribution is 2.22. The molecule has 2 heterocycles. The van der Waals surface area contributed by atoms with Crippen molar-refractivity contribution in [3.63, 3.8) is 0 Å². The molecule has 2 aliphatic heterocycles. The standard InChI is InChI=1S/C22H25N3O2/c1-24(20-8-3-2-4-9-20)21(26)16-6-5-7-17(14-16)22(27)25-13-12-18-10-11-19(15-25)23-18/h2-9,14,18-19,23H,10-13,15H2,1H3. The molecular weight excluding hydrogens is 338 g/mol. The third-order valence-electron chi connectivity index (χ3n) is 5.62. The summed E-state index contributed by atoms with van der Waals surface area (Å²) in [5, 5.41) is 3.60. The molecule has 2 amide bonds. The predicted octanol–water partition coefficient (Wildman–Crippen LogP) is 2.93. The van der Waals surface area contributed by atoms with E-state index >= 15 is 0 Å². The van der Waals surface area contributed by atoms with Crippen LogP contribution in [0, 0.1) is 0 Å². The van der Waals surface area contributed by atoms with Gasteiger partial charge in [-0.2, -0.15) is 0 Å². The van der Waals surface area contributed by atoms with Gasteiger partial charge in [0.2, 0.25) is 0 Å². The number of rotatable bonds is 3. The number of nitrogens with zero attached hydrogens (tertiary/aromatic N) is 2. The van der Waals surface area contributed by atoms with E-state index < -0.39 is 0 Å². The minimum absolute atomic E-state index is 0.0152. The molecule has 27 heavy (non-hydrogen) atoms. The van der Waals surface area contributed by atoms with Gasteiger partial charge in [-0.3, -0.25) is 9.59 Å². The third-order valence-corrected chi connectivity index (χ3v) is 5.62. The molecule has 2 saturated heterocycles. The lowest BCUT2D eigenvalue weighted by molar-refractivity contribution is 0.0748. The van der Waals surface area contributed by atoms with Crippen LogP contribution in [-0.4, -0.2) is 48.9 Å². The van der Waals surface area contributed by atoms with E-state index in [1.165, 1.54) is 6.42 Å². The van der Waals surface area contributed by atoms with Gasteiger partial charge in [0.1, 0.15) is 0 Å². The Kier molecular flexibility index (Phi) is 4.94. The quantitative estimate of drug-likeness (QED) is 0.912. The van der Waals surface area contributed by atoms with Crippen LogP contribution in [0.2, 0.25) is 0 Å². The number of hydrogen-bond acceptors (Lipinski definition) is 3. The van der Waals surface area contributed by atoms with E-state index in [0.717, 1.165) is 31.6 Å². The number of likely N-dealkylation sites (tertiary alicyclic amines) is 1. The van der Waals surface area contributed by atoms with Crippen molar-refractivity contribution in [3.8, 4) is 0 Å². The summed E-state index contributed by atoms with van der Waals surface area (Å²) in [6, 6.07) is 17.5. The van der Waals surface area contributed by atoms with Gasteiger partial charge in [0.25, 0.3) is 11.8 Å². The maximum absolute atomic E-state index is 13.0. The highest BCUT2D eigenvalue weighted by atomic mass is 16.2. The highest BCUT2D eigenvalue weighted by molar-refractivity contribution is 6.07. The van der Waals surface area contributed by atoms with Crippen LogP contribution in [0.15, 0.2) is 54.6 Å². The Hall–Kier alpha value is -2.66. The molecule has 2 bridgehead atoms. The molecular formula is C22H25N3O2. The average molecular weight is 363 g/mol. The van der Waals surface area contributed by atoms with E-state index in [4.69, 9.17) is 0 Å². The molecule has 2 atom stereocenters. The first-order valence-electron chi connectivity index (χ1n) is 9.60. The summed E-state index contributed by atoms with van der Waals surface area (Å²) >= 11 is 0. The summed E-state index contributed by atoms with van der Waals surface area (Å²) in [6.07, 6.45) is 3.34. The van der Waals surface area contributed by atoms with Crippen LogP contribution < -0.4 is 10.2 Å². The van der Waals surface area contributed by atoms with E-state index in [1.54, 1.807) is 36.2 Å².